The molecule has 108 valence electrons. The van der Waals surface area contributed by atoms with Crippen LogP contribution in [0, 0.1) is 6.92 Å². The lowest BCUT2D eigenvalue weighted by Gasteiger charge is -2.35. The van der Waals surface area contributed by atoms with Crippen molar-refractivity contribution in [2.24, 2.45) is 7.05 Å². The summed E-state index contributed by atoms with van der Waals surface area (Å²) in [7, 11) is 1.82. The van der Waals surface area contributed by atoms with Crippen molar-refractivity contribution >= 4 is 5.91 Å². The van der Waals surface area contributed by atoms with Gasteiger partial charge in [-0.15, -0.1) is 0 Å². The number of aryl methyl sites for hydroxylation is 2. The number of rotatable bonds is 1. The van der Waals surface area contributed by atoms with Crippen LogP contribution in [-0.4, -0.2) is 36.6 Å². The Balaban J connectivity index is 1.74. The van der Waals surface area contributed by atoms with Gasteiger partial charge < -0.3 is 4.90 Å². The zero-order valence-electron chi connectivity index (χ0n) is 12.2. The minimum atomic E-state index is 0.0695. The number of nitrogens with zero attached hydrogens (tertiary/aromatic N) is 5. The molecule has 0 spiro atoms. The third-order valence-corrected chi connectivity index (χ3v) is 4.57. The molecule has 2 bridgehead atoms. The fourth-order valence-corrected chi connectivity index (χ4v) is 3.68. The van der Waals surface area contributed by atoms with Gasteiger partial charge in [0.25, 0.3) is 5.91 Å². The number of hydrogen-bond acceptors (Lipinski definition) is 4. The van der Waals surface area contributed by atoms with E-state index in [2.05, 4.69) is 15.1 Å². The molecule has 2 aliphatic rings. The Bertz CT molecular complexity index is 723. The van der Waals surface area contributed by atoms with E-state index in [4.69, 9.17) is 0 Å². The SMILES string of the molecule is Cc1cc(C(=O)N2C3CCC2c2cncnc2C3)n(C)n1. The van der Waals surface area contributed by atoms with E-state index in [9.17, 15) is 4.79 Å². The number of carbonyl (C=O) groups excluding carboxylic acids is 1. The van der Waals surface area contributed by atoms with Crippen LogP contribution in [0.3, 0.4) is 0 Å². The van der Waals surface area contributed by atoms with Crippen LogP contribution in [0.5, 0.6) is 0 Å². The van der Waals surface area contributed by atoms with Crippen LogP contribution in [0.2, 0.25) is 0 Å². The molecule has 0 radical (unpaired) electrons. The van der Waals surface area contributed by atoms with Gasteiger partial charge in [-0.2, -0.15) is 5.10 Å². The summed E-state index contributed by atoms with van der Waals surface area (Å²) < 4.78 is 1.67. The van der Waals surface area contributed by atoms with E-state index < -0.39 is 0 Å². The van der Waals surface area contributed by atoms with E-state index >= 15 is 0 Å². The molecule has 2 aliphatic heterocycles. The lowest BCUT2D eigenvalue weighted by atomic mass is 9.99. The summed E-state index contributed by atoms with van der Waals surface area (Å²) >= 11 is 0. The third-order valence-electron chi connectivity index (χ3n) is 4.57. The number of carbonyl (C=O) groups is 1. The van der Waals surface area contributed by atoms with Gasteiger partial charge in [0.2, 0.25) is 0 Å². The molecule has 0 saturated carbocycles. The van der Waals surface area contributed by atoms with E-state index in [1.54, 1.807) is 11.0 Å². The maximum Gasteiger partial charge on any atom is 0.272 e. The summed E-state index contributed by atoms with van der Waals surface area (Å²) in [4.78, 5) is 23.5. The molecule has 6 heteroatoms. The first kappa shape index (κ1) is 12.5. The van der Waals surface area contributed by atoms with Gasteiger partial charge in [-0.05, 0) is 25.8 Å². The molecule has 4 rings (SSSR count). The normalized spacial score (nSPS) is 23.2. The number of aromatic nitrogens is 4. The average Bonchev–Trinajstić information content (AvgIpc) is 2.97. The van der Waals surface area contributed by atoms with E-state index in [0.29, 0.717) is 5.69 Å². The second-order valence-corrected chi connectivity index (χ2v) is 5.88. The topological polar surface area (TPSA) is 63.9 Å². The highest BCUT2D eigenvalue weighted by Gasteiger charge is 2.44. The van der Waals surface area contributed by atoms with Crippen LogP contribution in [0.15, 0.2) is 18.6 Å². The van der Waals surface area contributed by atoms with Gasteiger partial charge in [0.1, 0.15) is 12.0 Å². The monoisotopic (exact) mass is 283 g/mol. The van der Waals surface area contributed by atoms with Crippen LogP contribution in [0.25, 0.3) is 0 Å². The standard InChI is InChI=1S/C15H17N5O/c1-9-5-14(19(2)18-9)15(21)20-10-3-4-13(20)11-7-16-8-17-12(11)6-10/h5,7-8,10,13H,3-4,6H2,1-2H3. The fourth-order valence-electron chi connectivity index (χ4n) is 3.68. The third kappa shape index (κ3) is 1.78. The molecule has 0 aliphatic carbocycles. The molecule has 2 aromatic rings. The van der Waals surface area contributed by atoms with Gasteiger partial charge in [-0.25, -0.2) is 9.97 Å². The molecular weight excluding hydrogens is 266 g/mol. The van der Waals surface area contributed by atoms with Gasteiger partial charge in [0.15, 0.2) is 0 Å². The quantitative estimate of drug-likeness (QED) is 0.794. The second-order valence-electron chi connectivity index (χ2n) is 5.88. The van der Waals surface area contributed by atoms with Gasteiger partial charge in [-0.1, -0.05) is 0 Å². The second kappa shape index (κ2) is 4.38. The Hall–Kier alpha value is -2.24. The van der Waals surface area contributed by atoms with Crippen LogP contribution in [-0.2, 0) is 13.5 Å². The zero-order valence-corrected chi connectivity index (χ0v) is 12.2. The molecule has 4 heterocycles. The van der Waals surface area contributed by atoms with Crippen molar-refractivity contribution in [1.29, 1.82) is 0 Å². The van der Waals surface area contributed by atoms with Gasteiger partial charge in [0.05, 0.1) is 17.4 Å². The number of amides is 1. The summed E-state index contributed by atoms with van der Waals surface area (Å²) in [5.74, 6) is 0.0695. The van der Waals surface area contributed by atoms with Crippen molar-refractivity contribution in [2.45, 2.75) is 38.3 Å². The summed E-state index contributed by atoms with van der Waals surface area (Å²) in [6.45, 7) is 1.91. The lowest BCUT2D eigenvalue weighted by molar-refractivity contribution is 0.0632. The van der Waals surface area contributed by atoms with Gasteiger partial charge in [0, 0.05) is 31.3 Å². The summed E-state index contributed by atoms with van der Waals surface area (Å²) in [5, 5.41) is 4.29. The molecule has 21 heavy (non-hydrogen) atoms. The van der Waals surface area contributed by atoms with Crippen molar-refractivity contribution in [3.8, 4) is 0 Å². The summed E-state index contributed by atoms with van der Waals surface area (Å²) in [5.41, 5.74) is 3.74. The molecule has 2 unspecified atom stereocenters. The van der Waals surface area contributed by atoms with E-state index in [-0.39, 0.29) is 18.0 Å². The molecule has 2 aromatic heterocycles. The predicted molar refractivity (Wildman–Crippen MR) is 75.6 cm³/mol. The van der Waals surface area contributed by atoms with Crippen molar-refractivity contribution in [1.82, 2.24) is 24.6 Å². The lowest BCUT2D eigenvalue weighted by Crippen LogP contribution is -2.42. The largest absolute Gasteiger partial charge is 0.327 e. The maximum absolute atomic E-state index is 12.9. The average molecular weight is 283 g/mol. The van der Waals surface area contributed by atoms with Crippen LogP contribution >= 0.6 is 0 Å². The van der Waals surface area contributed by atoms with Crippen LogP contribution < -0.4 is 0 Å². The Kier molecular flexibility index (Phi) is 2.60. The molecule has 1 fully saturated rings. The van der Waals surface area contributed by atoms with Gasteiger partial charge in [-0.3, -0.25) is 9.48 Å². The first-order valence-corrected chi connectivity index (χ1v) is 7.27. The Morgan fingerprint density at radius 2 is 2.24 bits per heavy atom. The van der Waals surface area contributed by atoms with E-state index in [0.717, 1.165) is 36.2 Å². The minimum Gasteiger partial charge on any atom is -0.327 e. The molecule has 6 nitrogen and oxygen atoms in total. The Labute approximate surface area is 122 Å². The molecular formula is C15H17N5O. The highest BCUT2D eigenvalue weighted by molar-refractivity contribution is 5.93. The van der Waals surface area contributed by atoms with E-state index in [1.807, 2.05) is 31.1 Å². The highest BCUT2D eigenvalue weighted by atomic mass is 16.2. The number of hydrogen-bond donors (Lipinski definition) is 0. The Morgan fingerprint density at radius 1 is 1.38 bits per heavy atom. The van der Waals surface area contributed by atoms with Crippen molar-refractivity contribution in [2.75, 3.05) is 0 Å². The van der Waals surface area contributed by atoms with Crippen LogP contribution in [0.4, 0.5) is 0 Å². The van der Waals surface area contributed by atoms with Gasteiger partial charge >= 0.3 is 0 Å². The highest BCUT2D eigenvalue weighted by Crippen LogP contribution is 2.43. The Morgan fingerprint density at radius 3 is 3.00 bits per heavy atom. The maximum atomic E-state index is 12.9. The predicted octanol–water partition coefficient (Wildman–Crippen LogP) is 1.42. The van der Waals surface area contributed by atoms with E-state index in [1.165, 1.54) is 0 Å². The summed E-state index contributed by atoms with van der Waals surface area (Å²) in [6.07, 6.45) is 6.32. The zero-order chi connectivity index (χ0) is 14.6. The molecule has 1 amide bonds. The van der Waals surface area contributed by atoms with Crippen molar-refractivity contribution < 1.29 is 4.79 Å². The summed E-state index contributed by atoms with van der Waals surface area (Å²) in [6, 6.07) is 2.22. The van der Waals surface area contributed by atoms with Crippen molar-refractivity contribution in [3.05, 3.63) is 41.2 Å². The van der Waals surface area contributed by atoms with Crippen molar-refractivity contribution in [3.63, 3.8) is 0 Å². The molecule has 1 saturated heterocycles. The van der Waals surface area contributed by atoms with Crippen LogP contribution in [0.1, 0.15) is 46.3 Å². The minimum absolute atomic E-state index is 0.0695. The first-order chi connectivity index (χ1) is 10.1. The first-order valence-electron chi connectivity index (χ1n) is 7.27. The molecule has 2 atom stereocenters. The smallest absolute Gasteiger partial charge is 0.272 e. The molecule has 0 N–H and O–H groups in total. The number of fused-ring (bicyclic) bond motifs is 4. The fraction of sp³-hybridized carbons (Fsp3) is 0.467. The molecule has 0 aromatic carbocycles.